The molecule has 1 unspecified atom stereocenters. The summed E-state index contributed by atoms with van der Waals surface area (Å²) in [5.74, 6) is -3.60. The van der Waals surface area contributed by atoms with E-state index in [2.05, 4.69) is 10.0 Å². The molecule has 0 aliphatic heterocycles. The van der Waals surface area contributed by atoms with Crippen molar-refractivity contribution in [2.45, 2.75) is 56.1 Å². The van der Waals surface area contributed by atoms with E-state index < -0.39 is 44.5 Å². The summed E-state index contributed by atoms with van der Waals surface area (Å²) in [5.41, 5.74) is 0. The lowest BCUT2D eigenvalue weighted by Crippen LogP contribution is -2.41. The molecule has 1 aliphatic carbocycles. The van der Waals surface area contributed by atoms with E-state index in [1.807, 2.05) is 0 Å². The normalized spacial score (nSPS) is 16.1. The molecule has 0 bridgehead atoms. The number of esters is 1. The van der Waals surface area contributed by atoms with Gasteiger partial charge < -0.3 is 10.1 Å². The molecule has 1 saturated carbocycles. The molecule has 1 aromatic carbocycles. The highest BCUT2D eigenvalue weighted by Gasteiger charge is 2.23. The van der Waals surface area contributed by atoms with Crippen molar-refractivity contribution in [1.29, 1.82) is 0 Å². The van der Waals surface area contributed by atoms with E-state index in [0.717, 1.165) is 31.7 Å². The summed E-state index contributed by atoms with van der Waals surface area (Å²) in [7, 11) is -4.10. The van der Waals surface area contributed by atoms with Crippen molar-refractivity contribution in [2.24, 2.45) is 0 Å². The number of amides is 1. The number of halogens is 2. The van der Waals surface area contributed by atoms with Crippen LogP contribution in [0.1, 0.15) is 39.0 Å². The second kappa shape index (κ2) is 9.23. The van der Waals surface area contributed by atoms with Crippen LogP contribution in [0.4, 0.5) is 8.78 Å². The van der Waals surface area contributed by atoms with Gasteiger partial charge in [0, 0.05) is 12.6 Å². The third-order valence-electron chi connectivity index (χ3n) is 4.20. The van der Waals surface area contributed by atoms with Crippen LogP contribution in [0.2, 0.25) is 0 Å². The van der Waals surface area contributed by atoms with E-state index in [1.165, 1.54) is 6.92 Å². The lowest BCUT2D eigenvalue weighted by Gasteiger charge is -2.17. The van der Waals surface area contributed by atoms with Crippen LogP contribution in [0.15, 0.2) is 23.1 Å². The summed E-state index contributed by atoms with van der Waals surface area (Å²) in [4.78, 5) is 23.3. The van der Waals surface area contributed by atoms with Gasteiger partial charge in [-0.2, -0.15) is 0 Å². The van der Waals surface area contributed by atoms with Crippen LogP contribution in [0.3, 0.4) is 0 Å². The van der Waals surface area contributed by atoms with E-state index in [4.69, 9.17) is 4.74 Å². The molecule has 2 rings (SSSR count). The highest BCUT2D eigenvalue weighted by molar-refractivity contribution is 7.89. The first-order valence-corrected chi connectivity index (χ1v) is 10.1. The van der Waals surface area contributed by atoms with Crippen LogP contribution < -0.4 is 10.0 Å². The van der Waals surface area contributed by atoms with Crippen molar-refractivity contribution >= 4 is 21.9 Å². The first-order valence-electron chi connectivity index (χ1n) is 8.63. The predicted molar refractivity (Wildman–Crippen MR) is 92.1 cm³/mol. The molecular weight excluding hydrogens is 382 g/mol. The Hall–Kier alpha value is -2.07. The molecule has 7 nitrogen and oxygen atoms in total. The number of carbonyl (C=O) groups is 2. The third-order valence-corrected chi connectivity index (χ3v) is 5.66. The Morgan fingerprint density at radius 1 is 1.22 bits per heavy atom. The van der Waals surface area contributed by atoms with Crippen molar-refractivity contribution in [1.82, 2.24) is 10.0 Å². The molecule has 0 aromatic heterocycles. The number of nitrogens with one attached hydrogen (secondary N) is 2. The van der Waals surface area contributed by atoms with Crippen molar-refractivity contribution in [2.75, 3.05) is 6.54 Å². The van der Waals surface area contributed by atoms with Crippen LogP contribution in [0, 0.1) is 11.6 Å². The molecule has 10 heteroatoms. The smallest absolute Gasteiger partial charge is 0.307 e. The monoisotopic (exact) mass is 404 g/mol. The molecule has 150 valence electrons. The van der Waals surface area contributed by atoms with Crippen molar-refractivity contribution in [3.8, 4) is 0 Å². The third kappa shape index (κ3) is 6.24. The minimum absolute atomic E-state index is 0.0987. The average molecular weight is 404 g/mol. The van der Waals surface area contributed by atoms with Gasteiger partial charge in [0.15, 0.2) is 17.7 Å². The van der Waals surface area contributed by atoms with Gasteiger partial charge in [0.25, 0.3) is 5.91 Å². The molecule has 1 aliphatic rings. The van der Waals surface area contributed by atoms with Crippen LogP contribution in [-0.4, -0.2) is 39.0 Å². The Bertz CT molecular complexity index is 795. The van der Waals surface area contributed by atoms with E-state index >= 15 is 0 Å². The van der Waals surface area contributed by atoms with Gasteiger partial charge >= 0.3 is 5.97 Å². The maximum Gasteiger partial charge on any atom is 0.307 e. The molecule has 0 spiro atoms. The molecule has 2 N–H and O–H groups in total. The van der Waals surface area contributed by atoms with Crippen LogP contribution in [-0.2, 0) is 24.3 Å². The zero-order chi connectivity index (χ0) is 20.0. The highest BCUT2D eigenvalue weighted by Crippen LogP contribution is 2.18. The Labute approximate surface area is 156 Å². The van der Waals surface area contributed by atoms with Gasteiger partial charge in [-0.1, -0.05) is 12.8 Å². The summed E-state index contributed by atoms with van der Waals surface area (Å²) < 4.78 is 57.1. The topological polar surface area (TPSA) is 102 Å². The van der Waals surface area contributed by atoms with Gasteiger partial charge in [-0.05, 0) is 38.0 Å². The Balaban J connectivity index is 1.77. The molecule has 1 atom stereocenters. The number of ether oxygens (including phenoxy) is 1. The number of benzene rings is 1. The van der Waals surface area contributed by atoms with E-state index in [0.29, 0.717) is 12.1 Å². The van der Waals surface area contributed by atoms with Gasteiger partial charge in [-0.25, -0.2) is 21.9 Å². The fourth-order valence-corrected chi connectivity index (χ4v) is 3.76. The van der Waals surface area contributed by atoms with Gasteiger partial charge in [0.1, 0.15) is 0 Å². The Morgan fingerprint density at radius 3 is 2.52 bits per heavy atom. The maximum absolute atomic E-state index is 13.1. The largest absolute Gasteiger partial charge is 0.453 e. The zero-order valence-electron chi connectivity index (χ0n) is 14.8. The summed E-state index contributed by atoms with van der Waals surface area (Å²) in [6.07, 6.45) is 2.61. The zero-order valence-corrected chi connectivity index (χ0v) is 15.7. The van der Waals surface area contributed by atoms with Gasteiger partial charge in [-0.3, -0.25) is 9.59 Å². The molecule has 27 heavy (non-hydrogen) atoms. The fourth-order valence-electron chi connectivity index (χ4n) is 2.71. The second-order valence-electron chi connectivity index (χ2n) is 6.35. The summed E-state index contributed by atoms with van der Waals surface area (Å²) in [6.45, 7) is 1.13. The predicted octanol–water partition coefficient (Wildman–Crippen LogP) is 1.62. The molecule has 0 saturated heterocycles. The SMILES string of the molecule is CC(OC(=O)CCNS(=O)(=O)c1ccc(F)c(F)c1)C(=O)NC1CCCC1. The number of rotatable bonds is 8. The fraction of sp³-hybridized carbons (Fsp3) is 0.529. The van der Waals surface area contributed by atoms with Crippen molar-refractivity contribution < 1.29 is 31.5 Å². The number of sulfonamides is 1. The van der Waals surface area contributed by atoms with Gasteiger partial charge in [-0.15, -0.1) is 0 Å². The Kier molecular flexibility index (Phi) is 7.25. The summed E-state index contributed by atoms with van der Waals surface area (Å²) in [5, 5.41) is 2.80. The van der Waals surface area contributed by atoms with Crippen molar-refractivity contribution in [3.63, 3.8) is 0 Å². The van der Waals surface area contributed by atoms with E-state index in [1.54, 1.807) is 0 Å². The summed E-state index contributed by atoms with van der Waals surface area (Å²) >= 11 is 0. The molecule has 1 amide bonds. The van der Waals surface area contributed by atoms with Crippen molar-refractivity contribution in [3.05, 3.63) is 29.8 Å². The van der Waals surface area contributed by atoms with E-state index in [-0.39, 0.29) is 19.0 Å². The minimum atomic E-state index is -4.10. The van der Waals surface area contributed by atoms with Crippen LogP contribution in [0.25, 0.3) is 0 Å². The number of hydrogen-bond donors (Lipinski definition) is 2. The number of hydrogen-bond acceptors (Lipinski definition) is 5. The molecule has 0 heterocycles. The molecule has 1 fully saturated rings. The number of carbonyl (C=O) groups excluding carboxylic acids is 2. The maximum atomic E-state index is 13.1. The lowest BCUT2D eigenvalue weighted by atomic mass is 10.2. The van der Waals surface area contributed by atoms with Crippen LogP contribution >= 0.6 is 0 Å². The average Bonchev–Trinajstić information content (AvgIpc) is 3.09. The van der Waals surface area contributed by atoms with E-state index in [9.17, 15) is 26.8 Å². The quantitative estimate of drug-likeness (QED) is 0.641. The summed E-state index contributed by atoms with van der Waals surface area (Å²) in [6, 6.07) is 2.25. The molecule has 0 radical (unpaired) electrons. The highest BCUT2D eigenvalue weighted by atomic mass is 32.2. The second-order valence-corrected chi connectivity index (χ2v) is 8.11. The first-order chi connectivity index (χ1) is 12.7. The van der Waals surface area contributed by atoms with Gasteiger partial charge in [0.05, 0.1) is 11.3 Å². The molecule has 1 aromatic rings. The standard InChI is InChI=1S/C17H22F2N2O5S/c1-11(17(23)21-12-4-2-3-5-12)26-16(22)8-9-20-27(24,25)13-6-7-14(18)15(19)10-13/h6-7,10-12,20H,2-5,8-9H2,1H3,(H,21,23). The van der Waals surface area contributed by atoms with Crippen LogP contribution in [0.5, 0.6) is 0 Å². The minimum Gasteiger partial charge on any atom is -0.453 e. The lowest BCUT2D eigenvalue weighted by molar-refractivity contribution is -0.154. The first kappa shape index (κ1) is 21.2. The molecular formula is C17H22F2N2O5S. The van der Waals surface area contributed by atoms with Gasteiger partial charge in [0.2, 0.25) is 10.0 Å². The Morgan fingerprint density at radius 2 is 1.89 bits per heavy atom.